The predicted octanol–water partition coefficient (Wildman–Crippen LogP) is 6.58. The maximum Gasteiger partial charge on any atom is 0.241 e. The molecule has 1 amide bonds. The largest absolute Gasteiger partial charge is 0.457 e. The Balaban J connectivity index is 0.00000267. The van der Waals surface area contributed by atoms with Crippen molar-refractivity contribution in [2.45, 2.75) is 25.8 Å². The van der Waals surface area contributed by atoms with Crippen molar-refractivity contribution < 1.29 is 9.53 Å². The number of carbonyl (C=O) groups is 1. The summed E-state index contributed by atoms with van der Waals surface area (Å²) in [5.74, 6) is 0.999. The molecule has 1 aliphatic heterocycles. The van der Waals surface area contributed by atoms with Crippen molar-refractivity contribution in [3.05, 3.63) is 102 Å². The number of carbonyl (C=O) groups excluding carboxylic acids is 1. The first kappa shape index (κ1) is 24.0. The molecule has 0 spiro atoms. The highest BCUT2D eigenvalue weighted by atomic mass is 35.5. The van der Waals surface area contributed by atoms with Gasteiger partial charge in [-0.05, 0) is 43.2 Å². The number of rotatable bonds is 6. The van der Waals surface area contributed by atoms with Gasteiger partial charge in [0.15, 0.2) is 5.13 Å². The molecule has 0 fully saturated rings. The van der Waals surface area contributed by atoms with Gasteiger partial charge < -0.3 is 9.30 Å². The zero-order chi connectivity index (χ0) is 23.8. The minimum Gasteiger partial charge on any atom is -0.457 e. The number of benzene rings is 3. The Morgan fingerprint density at radius 3 is 2.47 bits per heavy atom. The fourth-order valence-electron chi connectivity index (χ4n) is 4.60. The summed E-state index contributed by atoms with van der Waals surface area (Å²) in [5, 5.41) is 0.725. The number of amides is 1. The van der Waals surface area contributed by atoms with E-state index in [2.05, 4.69) is 24.0 Å². The number of halogens is 1. The van der Waals surface area contributed by atoms with Gasteiger partial charge in [-0.15, -0.1) is 12.4 Å². The lowest BCUT2D eigenvalue weighted by molar-refractivity contribution is -0.119. The molecule has 6 rings (SSSR count). The minimum absolute atomic E-state index is 0. The molecule has 3 heterocycles. The molecule has 36 heavy (non-hydrogen) atoms. The van der Waals surface area contributed by atoms with Gasteiger partial charge >= 0.3 is 0 Å². The second-order valence-electron chi connectivity index (χ2n) is 8.72. The molecule has 6 nitrogen and oxygen atoms in total. The number of para-hydroxylation sites is 2. The highest BCUT2D eigenvalue weighted by molar-refractivity contribution is 7.22. The Labute approximate surface area is 219 Å². The third-order valence-electron chi connectivity index (χ3n) is 6.31. The molecule has 5 aromatic rings. The van der Waals surface area contributed by atoms with E-state index in [1.54, 1.807) is 23.9 Å². The summed E-state index contributed by atoms with van der Waals surface area (Å²) >= 11 is 1.57. The van der Waals surface area contributed by atoms with E-state index >= 15 is 0 Å². The topological polar surface area (TPSA) is 60.2 Å². The molecule has 0 bridgehead atoms. The average Bonchev–Trinajstić information content (AvgIpc) is 3.54. The van der Waals surface area contributed by atoms with Gasteiger partial charge in [-0.1, -0.05) is 53.8 Å². The molecule has 0 atom stereocenters. The Morgan fingerprint density at radius 1 is 1.06 bits per heavy atom. The molecule has 0 unspecified atom stereocenters. The first-order chi connectivity index (χ1) is 17.2. The van der Waals surface area contributed by atoms with E-state index in [1.165, 1.54) is 5.56 Å². The van der Waals surface area contributed by atoms with Gasteiger partial charge in [-0.25, -0.2) is 9.97 Å². The van der Waals surface area contributed by atoms with Crippen LogP contribution in [-0.2, 0) is 11.3 Å². The first-order valence-electron chi connectivity index (χ1n) is 11.7. The standard InChI is InChI=1S/C28H24N4O2S.ClH/c1-19-11-12-22-25(17-19)35-28(30-22)32(15-6-14-31-16-13-29-18-31)27(33)26-20-7-2-4-9-23(20)34-24-10-5-3-8-21(24)26;/h2-5,7-13,16-18,26H,6,14-15H2,1H3;1H. The number of hydrogen-bond donors (Lipinski definition) is 0. The van der Waals surface area contributed by atoms with E-state index in [0.717, 1.165) is 50.9 Å². The summed E-state index contributed by atoms with van der Waals surface area (Å²) in [6, 6.07) is 21.8. The van der Waals surface area contributed by atoms with E-state index in [1.807, 2.05) is 70.3 Å². The smallest absolute Gasteiger partial charge is 0.241 e. The summed E-state index contributed by atoms with van der Waals surface area (Å²) in [6.07, 6.45) is 6.30. The van der Waals surface area contributed by atoms with Crippen molar-refractivity contribution in [3.8, 4) is 11.5 Å². The van der Waals surface area contributed by atoms with Crippen LogP contribution in [0.1, 0.15) is 29.0 Å². The van der Waals surface area contributed by atoms with Gasteiger partial charge in [-0.2, -0.15) is 0 Å². The van der Waals surface area contributed by atoms with Gasteiger partial charge in [0.2, 0.25) is 5.91 Å². The minimum atomic E-state index is -0.460. The second-order valence-corrected chi connectivity index (χ2v) is 9.73. The maximum atomic E-state index is 14.4. The number of thiazole rings is 1. The summed E-state index contributed by atoms with van der Waals surface area (Å²) in [6.45, 7) is 3.40. The zero-order valence-corrected chi connectivity index (χ0v) is 21.3. The molecule has 182 valence electrons. The van der Waals surface area contributed by atoms with Crippen LogP contribution in [0.5, 0.6) is 11.5 Å². The van der Waals surface area contributed by atoms with Crippen LogP contribution >= 0.6 is 23.7 Å². The molecule has 0 aliphatic carbocycles. The molecule has 3 aromatic carbocycles. The van der Waals surface area contributed by atoms with E-state index in [0.29, 0.717) is 6.54 Å². The Morgan fingerprint density at radius 2 is 1.78 bits per heavy atom. The van der Waals surface area contributed by atoms with Crippen LogP contribution < -0.4 is 9.64 Å². The number of aromatic nitrogens is 3. The van der Waals surface area contributed by atoms with Crippen LogP contribution in [0.4, 0.5) is 5.13 Å². The third kappa shape index (κ3) is 4.47. The Bertz CT molecular complexity index is 1470. The van der Waals surface area contributed by atoms with Crippen LogP contribution in [0.25, 0.3) is 10.2 Å². The zero-order valence-electron chi connectivity index (χ0n) is 19.7. The predicted molar refractivity (Wildman–Crippen MR) is 146 cm³/mol. The number of hydrogen-bond acceptors (Lipinski definition) is 5. The molecule has 0 N–H and O–H groups in total. The summed E-state index contributed by atoms with van der Waals surface area (Å²) < 4.78 is 9.26. The van der Waals surface area contributed by atoms with Crippen molar-refractivity contribution in [1.82, 2.24) is 14.5 Å². The monoisotopic (exact) mass is 516 g/mol. The number of anilines is 1. The van der Waals surface area contributed by atoms with E-state index < -0.39 is 5.92 Å². The molecule has 0 saturated heterocycles. The lowest BCUT2D eigenvalue weighted by Gasteiger charge is -2.31. The van der Waals surface area contributed by atoms with Gasteiger partial charge in [0.25, 0.3) is 0 Å². The average molecular weight is 517 g/mol. The van der Waals surface area contributed by atoms with Crippen LogP contribution in [0.2, 0.25) is 0 Å². The first-order valence-corrected chi connectivity index (χ1v) is 12.5. The highest BCUT2D eigenvalue weighted by Crippen LogP contribution is 2.45. The van der Waals surface area contributed by atoms with Crippen LogP contribution in [-0.4, -0.2) is 27.0 Å². The van der Waals surface area contributed by atoms with Crippen molar-refractivity contribution >= 4 is 45.0 Å². The molecule has 0 saturated carbocycles. The Hall–Kier alpha value is -3.68. The van der Waals surface area contributed by atoms with Crippen molar-refractivity contribution in [2.75, 3.05) is 11.4 Å². The van der Waals surface area contributed by atoms with Crippen molar-refractivity contribution in [1.29, 1.82) is 0 Å². The molecule has 1 aliphatic rings. The summed E-state index contributed by atoms with van der Waals surface area (Å²) in [5.41, 5.74) is 3.86. The summed E-state index contributed by atoms with van der Waals surface area (Å²) in [4.78, 5) is 25.2. The van der Waals surface area contributed by atoms with Gasteiger partial charge in [0.1, 0.15) is 11.5 Å². The number of imidazole rings is 1. The van der Waals surface area contributed by atoms with Gasteiger partial charge in [0, 0.05) is 36.6 Å². The van der Waals surface area contributed by atoms with Crippen molar-refractivity contribution in [2.24, 2.45) is 0 Å². The van der Waals surface area contributed by atoms with E-state index in [-0.39, 0.29) is 18.3 Å². The number of aryl methyl sites for hydroxylation is 2. The molecular formula is C28H25ClN4O2S. The molecule has 8 heteroatoms. The van der Waals surface area contributed by atoms with Gasteiger partial charge in [0.05, 0.1) is 22.5 Å². The number of fused-ring (bicyclic) bond motifs is 3. The fraction of sp³-hybridized carbons (Fsp3) is 0.179. The lowest BCUT2D eigenvalue weighted by atomic mass is 9.87. The molecule has 0 radical (unpaired) electrons. The SMILES string of the molecule is Cc1ccc2nc(N(CCCn3ccnc3)C(=O)C3c4ccccc4Oc4ccccc43)sc2c1.Cl. The molecule has 2 aromatic heterocycles. The van der Waals surface area contributed by atoms with Crippen LogP contribution in [0.15, 0.2) is 85.5 Å². The van der Waals surface area contributed by atoms with Gasteiger partial charge in [-0.3, -0.25) is 9.69 Å². The summed E-state index contributed by atoms with van der Waals surface area (Å²) in [7, 11) is 0. The fourth-order valence-corrected chi connectivity index (χ4v) is 5.69. The third-order valence-corrected chi connectivity index (χ3v) is 7.35. The van der Waals surface area contributed by atoms with Crippen molar-refractivity contribution in [3.63, 3.8) is 0 Å². The maximum absolute atomic E-state index is 14.4. The lowest BCUT2D eigenvalue weighted by Crippen LogP contribution is -2.37. The van der Waals surface area contributed by atoms with Crippen LogP contribution in [0, 0.1) is 6.92 Å². The highest BCUT2D eigenvalue weighted by Gasteiger charge is 2.36. The van der Waals surface area contributed by atoms with E-state index in [9.17, 15) is 4.79 Å². The second kappa shape index (κ2) is 10.1. The normalized spacial score (nSPS) is 12.4. The quantitative estimate of drug-likeness (QED) is 0.255. The van der Waals surface area contributed by atoms with Crippen LogP contribution in [0.3, 0.4) is 0 Å². The number of nitrogens with zero attached hydrogens (tertiary/aromatic N) is 4. The Kier molecular flexibility index (Phi) is 6.76. The molecular weight excluding hydrogens is 492 g/mol. The van der Waals surface area contributed by atoms with E-state index in [4.69, 9.17) is 9.72 Å². The number of ether oxygens (including phenoxy) is 1.